The summed E-state index contributed by atoms with van der Waals surface area (Å²) in [5.74, 6) is -0.328. The number of halogens is 2. The molecule has 0 spiro atoms. The van der Waals surface area contributed by atoms with Gasteiger partial charge in [-0.25, -0.2) is 4.39 Å². The molecule has 0 aliphatic carbocycles. The van der Waals surface area contributed by atoms with Crippen LogP contribution in [0.4, 0.5) is 4.39 Å². The van der Waals surface area contributed by atoms with Crippen LogP contribution in [-0.4, -0.2) is 12.5 Å². The van der Waals surface area contributed by atoms with Gasteiger partial charge in [0.15, 0.2) is 6.61 Å². The molecule has 2 aromatic carbocycles. The Morgan fingerprint density at radius 2 is 2.00 bits per heavy atom. The third-order valence-electron chi connectivity index (χ3n) is 3.18. The SMILES string of the molecule is CCC(NC(=O)COc1cccc(F)c1)c1ccc(Cl)cc1. The largest absolute Gasteiger partial charge is 0.484 e. The van der Waals surface area contributed by atoms with Crippen molar-refractivity contribution in [2.45, 2.75) is 19.4 Å². The zero-order chi connectivity index (χ0) is 15.9. The number of nitrogens with one attached hydrogen (secondary N) is 1. The van der Waals surface area contributed by atoms with Crippen LogP contribution >= 0.6 is 11.6 Å². The van der Waals surface area contributed by atoms with E-state index in [4.69, 9.17) is 16.3 Å². The highest BCUT2D eigenvalue weighted by Gasteiger charge is 2.13. The second kappa shape index (κ2) is 7.80. The van der Waals surface area contributed by atoms with Crippen molar-refractivity contribution < 1.29 is 13.9 Å². The molecular weight excluding hydrogens is 305 g/mol. The predicted octanol–water partition coefficient (Wildman–Crippen LogP) is 4.13. The Labute approximate surface area is 134 Å². The lowest BCUT2D eigenvalue weighted by Crippen LogP contribution is -2.32. The van der Waals surface area contributed by atoms with Gasteiger partial charge < -0.3 is 10.1 Å². The Morgan fingerprint density at radius 1 is 1.27 bits per heavy atom. The molecular formula is C17H17ClFNO2. The van der Waals surface area contributed by atoms with Gasteiger partial charge in [-0.05, 0) is 36.2 Å². The second-order valence-electron chi connectivity index (χ2n) is 4.83. The first kappa shape index (κ1) is 16.3. The van der Waals surface area contributed by atoms with Crippen LogP contribution in [-0.2, 0) is 4.79 Å². The lowest BCUT2D eigenvalue weighted by Gasteiger charge is -2.17. The molecule has 0 aliphatic heterocycles. The average Bonchev–Trinajstić information content (AvgIpc) is 2.52. The summed E-state index contributed by atoms with van der Waals surface area (Å²) < 4.78 is 18.3. The van der Waals surface area contributed by atoms with Crippen molar-refractivity contribution in [1.29, 1.82) is 0 Å². The Bertz CT molecular complexity index is 631. The van der Waals surface area contributed by atoms with E-state index in [0.29, 0.717) is 10.8 Å². The van der Waals surface area contributed by atoms with E-state index in [1.165, 1.54) is 18.2 Å². The van der Waals surface area contributed by atoms with Crippen LogP contribution in [0.1, 0.15) is 24.9 Å². The van der Waals surface area contributed by atoms with E-state index in [-0.39, 0.29) is 18.6 Å². The highest BCUT2D eigenvalue weighted by Crippen LogP contribution is 2.19. The van der Waals surface area contributed by atoms with Gasteiger partial charge in [0.25, 0.3) is 5.91 Å². The van der Waals surface area contributed by atoms with E-state index >= 15 is 0 Å². The molecule has 1 amide bonds. The molecule has 2 aromatic rings. The first-order chi connectivity index (χ1) is 10.6. The minimum atomic E-state index is -0.398. The topological polar surface area (TPSA) is 38.3 Å². The van der Waals surface area contributed by atoms with Gasteiger partial charge in [-0.2, -0.15) is 0 Å². The molecule has 0 saturated carbocycles. The van der Waals surface area contributed by atoms with Crippen LogP contribution in [0.2, 0.25) is 5.02 Å². The van der Waals surface area contributed by atoms with Crippen LogP contribution in [0.3, 0.4) is 0 Å². The number of hydrogen-bond acceptors (Lipinski definition) is 2. The third kappa shape index (κ3) is 4.74. The lowest BCUT2D eigenvalue weighted by atomic mass is 10.0. The minimum absolute atomic E-state index is 0.110. The van der Waals surface area contributed by atoms with Crippen LogP contribution in [0, 0.1) is 5.82 Å². The van der Waals surface area contributed by atoms with Crippen LogP contribution in [0.15, 0.2) is 48.5 Å². The number of rotatable bonds is 6. The van der Waals surface area contributed by atoms with Crippen LogP contribution in [0.25, 0.3) is 0 Å². The summed E-state index contributed by atoms with van der Waals surface area (Å²) in [6.07, 6.45) is 0.743. The zero-order valence-corrected chi connectivity index (χ0v) is 12.9. The number of amides is 1. The molecule has 0 bridgehead atoms. The smallest absolute Gasteiger partial charge is 0.258 e. The Balaban J connectivity index is 1.90. The minimum Gasteiger partial charge on any atom is -0.484 e. The third-order valence-corrected chi connectivity index (χ3v) is 3.43. The van der Waals surface area contributed by atoms with E-state index in [9.17, 15) is 9.18 Å². The van der Waals surface area contributed by atoms with Gasteiger partial charge >= 0.3 is 0 Å². The van der Waals surface area contributed by atoms with Gasteiger partial charge in [0, 0.05) is 11.1 Å². The van der Waals surface area contributed by atoms with Crippen molar-refractivity contribution in [3.8, 4) is 5.75 Å². The van der Waals surface area contributed by atoms with Gasteiger partial charge in [-0.15, -0.1) is 0 Å². The zero-order valence-electron chi connectivity index (χ0n) is 12.2. The molecule has 1 atom stereocenters. The van der Waals surface area contributed by atoms with Crippen molar-refractivity contribution in [2.75, 3.05) is 6.61 Å². The van der Waals surface area contributed by atoms with E-state index in [0.717, 1.165) is 12.0 Å². The van der Waals surface area contributed by atoms with E-state index in [1.807, 2.05) is 19.1 Å². The molecule has 0 heterocycles. The van der Waals surface area contributed by atoms with Crippen molar-refractivity contribution in [1.82, 2.24) is 5.32 Å². The fraction of sp³-hybridized carbons (Fsp3) is 0.235. The van der Waals surface area contributed by atoms with Gasteiger partial charge in [0.1, 0.15) is 11.6 Å². The van der Waals surface area contributed by atoms with Gasteiger partial charge in [0.05, 0.1) is 6.04 Å². The number of carbonyl (C=O) groups is 1. The standard InChI is InChI=1S/C17H17ClFNO2/c1-2-16(12-6-8-13(18)9-7-12)20-17(21)11-22-15-5-3-4-14(19)10-15/h3-10,16H,2,11H2,1H3,(H,20,21). The molecule has 0 saturated heterocycles. The molecule has 1 N–H and O–H groups in total. The Kier molecular flexibility index (Phi) is 5.78. The van der Waals surface area contributed by atoms with E-state index in [2.05, 4.69) is 5.32 Å². The number of ether oxygens (including phenoxy) is 1. The quantitative estimate of drug-likeness (QED) is 0.869. The van der Waals surface area contributed by atoms with Crippen LogP contribution < -0.4 is 10.1 Å². The summed E-state index contributed by atoms with van der Waals surface area (Å²) in [6.45, 7) is 1.82. The fourth-order valence-electron chi connectivity index (χ4n) is 2.06. The van der Waals surface area contributed by atoms with Crippen LogP contribution in [0.5, 0.6) is 5.75 Å². The second-order valence-corrected chi connectivity index (χ2v) is 5.26. The average molecular weight is 322 g/mol. The van der Waals surface area contributed by atoms with E-state index < -0.39 is 5.82 Å². The van der Waals surface area contributed by atoms with Gasteiger partial charge in [0.2, 0.25) is 0 Å². The first-order valence-electron chi connectivity index (χ1n) is 7.01. The molecule has 1 unspecified atom stereocenters. The van der Waals surface area contributed by atoms with Crippen molar-refractivity contribution in [3.05, 3.63) is 64.9 Å². The fourth-order valence-corrected chi connectivity index (χ4v) is 2.18. The maximum Gasteiger partial charge on any atom is 0.258 e. The van der Waals surface area contributed by atoms with Gasteiger partial charge in [-0.1, -0.05) is 36.7 Å². The highest BCUT2D eigenvalue weighted by molar-refractivity contribution is 6.30. The Hall–Kier alpha value is -2.07. The first-order valence-corrected chi connectivity index (χ1v) is 7.39. The maximum absolute atomic E-state index is 13.0. The molecule has 0 radical (unpaired) electrons. The van der Waals surface area contributed by atoms with Crippen molar-refractivity contribution in [2.24, 2.45) is 0 Å². The normalized spacial score (nSPS) is 11.8. The van der Waals surface area contributed by atoms with Crippen molar-refractivity contribution >= 4 is 17.5 Å². The molecule has 0 aliphatic rings. The predicted molar refractivity (Wildman–Crippen MR) is 84.5 cm³/mol. The number of benzene rings is 2. The van der Waals surface area contributed by atoms with Gasteiger partial charge in [-0.3, -0.25) is 4.79 Å². The highest BCUT2D eigenvalue weighted by atomic mass is 35.5. The summed E-state index contributed by atoms with van der Waals surface area (Å²) in [7, 11) is 0. The number of hydrogen-bond donors (Lipinski definition) is 1. The maximum atomic E-state index is 13.0. The lowest BCUT2D eigenvalue weighted by molar-refractivity contribution is -0.123. The molecule has 0 aromatic heterocycles. The van der Waals surface area contributed by atoms with Crippen molar-refractivity contribution in [3.63, 3.8) is 0 Å². The number of carbonyl (C=O) groups excluding carboxylic acids is 1. The monoisotopic (exact) mass is 321 g/mol. The molecule has 22 heavy (non-hydrogen) atoms. The molecule has 5 heteroatoms. The summed E-state index contributed by atoms with van der Waals surface area (Å²) in [4.78, 5) is 12.0. The molecule has 0 fully saturated rings. The summed E-state index contributed by atoms with van der Waals surface area (Å²) in [5, 5.41) is 3.54. The summed E-state index contributed by atoms with van der Waals surface area (Å²) in [6, 6.07) is 12.9. The molecule has 2 rings (SSSR count). The summed E-state index contributed by atoms with van der Waals surface area (Å²) in [5.41, 5.74) is 0.978. The molecule has 3 nitrogen and oxygen atoms in total. The molecule has 116 valence electrons. The van der Waals surface area contributed by atoms with E-state index in [1.54, 1.807) is 18.2 Å². The Morgan fingerprint density at radius 3 is 2.64 bits per heavy atom. The summed E-state index contributed by atoms with van der Waals surface area (Å²) >= 11 is 5.86.